The van der Waals surface area contributed by atoms with Crippen molar-refractivity contribution in [3.63, 3.8) is 0 Å². The number of hydrogen-bond donors (Lipinski definition) is 4. The Morgan fingerprint density at radius 3 is 2.77 bits per heavy atom. The Morgan fingerprint density at radius 2 is 2.02 bits per heavy atom. The SMILES string of the molecule is CC(C)(C)CNc1c(C#N)cnc2c(Cl)cc(N[C@H](C3=CN([C@@H]4C[C@@H]4F)NN3)c3cccc4ncccc34)cc12. The van der Waals surface area contributed by atoms with E-state index in [1.54, 1.807) is 17.4 Å². The lowest BCUT2D eigenvalue weighted by Gasteiger charge is -2.24. The lowest BCUT2D eigenvalue weighted by molar-refractivity contribution is 0.236. The predicted octanol–water partition coefficient (Wildman–Crippen LogP) is 6.20. The number of nitrogens with one attached hydrogen (secondary N) is 4. The summed E-state index contributed by atoms with van der Waals surface area (Å²) in [5, 5.41) is 20.9. The maximum atomic E-state index is 13.9. The van der Waals surface area contributed by atoms with E-state index in [-0.39, 0.29) is 17.5 Å². The zero-order valence-corrected chi connectivity index (χ0v) is 23.2. The summed E-state index contributed by atoms with van der Waals surface area (Å²) in [6.07, 6.45) is 4.88. The van der Waals surface area contributed by atoms with Crippen LogP contribution in [0.3, 0.4) is 0 Å². The van der Waals surface area contributed by atoms with Crippen LogP contribution in [0.15, 0.2) is 66.8 Å². The topological polar surface area (TPSA) is 101 Å². The second kappa shape index (κ2) is 10.1. The summed E-state index contributed by atoms with van der Waals surface area (Å²) in [4.78, 5) is 9.03. The molecule has 1 fully saturated rings. The van der Waals surface area contributed by atoms with Gasteiger partial charge in [-0.2, -0.15) is 5.26 Å². The molecule has 6 rings (SSSR count). The first-order chi connectivity index (χ1) is 19.2. The number of alkyl halides is 1. The summed E-state index contributed by atoms with van der Waals surface area (Å²) in [5.41, 5.74) is 11.5. The Morgan fingerprint density at radius 1 is 1.20 bits per heavy atom. The van der Waals surface area contributed by atoms with Crippen molar-refractivity contribution < 1.29 is 4.39 Å². The number of anilines is 2. The van der Waals surface area contributed by atoms with Crippen molar-refractivity contribution in [2.24, 2.45) is 5.41 Å². The van der Waals surface area contributed by atoms with Gasteiger partial charge in [0.1, 0.15) is 12.2 Å². The molecule has 1 aliphatic carbocycles. The number of rotatable bonds is 7. The number of nitriles is 1. The molecule has 4 aromatic rings. The molecule has 0 saturated heterocycles. The van der Waals surface area contributed by atoms with Crippen LogP contribution in [0.4, 0.5) is 15.8 Å². The monoisotopic (exact) mass is 556 g/mol. The van der Waals surface area contributed by atoms with Gasteiger partial charge in [-0.25, -0.2) is 4.39 Å². The predicted molar refractivity (Wildman–Crippen MR) is 157 cm³/mol. The molecule has 0 unspecified atom stereocenters. The van der Waals surface area contributed by atoms with Crippen LogP contribution in [0.2, 0.25) is 5.02 Å². The molecule has 3 atom stereocenters. The van der Waals surface area contributed by atoms with E-state index in [2.05, 4.69) is 64.5 Å². The number of aromatic nitrogens is 2. The van der Waals surface area contributed by atoms with Crippen LogP contribution in [0, 0.1) is 16.7 Å². The van der Waals surface area contributed by atoms with Crippen LogP contribution in [-0.2, 0) is 0 Å². The van der Waals surface area contributed by atoms with Crippen molar-refractivity contribution in [1.29, 1.82) is 5.26 Å². The molecular formula is C30H30ClFN8. The van der Waals surface area contributed by atoms with E-state index >= 15 is 0 Å². The molecule has 8 nitrogen and oxygen atoms in total. The number of benzene rings is 2. The molecule has 2 aliphatic rings. The Balaban J connectivity index is 1.45. The average molecular weight is 557 g/mol. The molecular weight excluding hydrogens is 527 g/mol. The number of pyridine rings is 2. The molecule has 2 aromatic heterocycles. The molecule has 40 heavy (non-hydrogen) atoms. The van der Waals surface area contributed by atoms with Gasteiger partial charge >= 0.3 is 0 Å². The molecule has 0 spiro atoms. The zero-order valence-electron chi connectivity index (χ0n) is 22.5. The lowest BCUT2D eigenvalue weighted by atomic mass is 9.96. The second-order valence-corrected chi connectivity index (χ2v) is 11.9. The number of fused-ring (bicyclic) bond motifs is 2. The summed E-state index contributed by atoms with van der Waals surface area (Å²) >= 11 is 6.78. The smallest absolute Gasteiger partial charge is 0.124 e. The molecule has 2 aromatic carbocycles. The number of hydrazine groups is 2. The van der Waals surface area contributed by atoms with Gasteiger partial charge in [0.2, 0.25) is 0 Å². The minimum absolute atomic E-state index is 0.00482. The molecule has 0 radical (unpaired) electrons. The fourth-order valence-electron chi connectivity index (χ4n) is 4.95. The van der Waals surface area contributed by atoms with Gasteiger partial charge in [-0.1, -0.05) is 50.6 Å². The maximum Gasteiger partial charge on any atom is 0.124 e. The van der Waals surface area contributed by atoms with Crippen LogP contribution in [-0.4, -0.2) is 33.7 Å². The van der Waals surface area contributed by atoms with E-state index in [1.807, 2.05) is 42.6 Å². The first-order valence-corrected chi connectivity index (χ1v) is 13.6. The Kier molecular flexibility index (Phi) is 6.61. The first kappa shape index (κ1) is 26.1. The second-order valence-electron chi connectivity index (χ2n) is 11.5. The Bertz CT molecular complexity index is 1670. The number of nitrogens with zero attached hydrogens (tertiary/aromatic N) is 4. The molecule has 10 heteroatoms. The van der Waals surface area contributed by atoms with Crippen LogP contribution in [0.25, 0.3) is 21.8 Å². The average Bonchev–Trinajstić information content (AvgIpc) is 3.46. The molecule has 204 valence electrons. The molecule has 0 amide bonds. The highest BCUT2D eigenvalue weighted by Crippen LogP contribution is 2.38. The van der Waals surface area contributed by atoms with Gasteiger partial charge in [0.15, 0.2) is 0 Å². The Labute approximate surface area is 237 Å². The van der Waals surface area contributed by atoms with Gasteiger partial charge in [-0.05, 0) is 35.2 Å². The van der Waals surface area contributed by atoms with Gasteiger partial charge in [-0.3, -0.25) is 15.0 Å². The standard InChI is InChI=1S/C30H30ClFN8/c1-30(2,3)16-36-27-17(13-33)14-35-28-21(27)10-18(11-22(28)31)37-29(25-15-40(39-38-25)26-12-23(26)32)20-6-4-8-24-19(20)7-5-9-34-24/h4-11,14-15,23,26,29,37-39H,12,16H2,1-3H3,(H,35,36)/t23-,26+,29-/m0/s1. The highest BCUT2D eigenvalue weighted by atomic mass is 35.5. The van der Waals surface area contributed by atoms with E-state index < -0.39 is 6.17 Å². The van der Waals surface area contributed by atoms with E-state index in [0.29, 0.717) is 34.8 Å². The fraction of sp³-hybridized carbons (Fsp3) is 0.300. The summed E-state index contributed by atoms with van der Waals surface area (Å²) in [6, 6.07) is 15.5. The summed E-state index contributed by atoms with van der Waals surface area (Å²) < 4.78 is 13.9. The Hall–Kier alpha value is -4.13. The highest BCUT2D eigenvalue weighted by molar-refractivity contribution is 6.35. The van der Waals surface area contributed by atoms with E-state index in [9.17, 15) is 9.65 Å². The third-order valence-corrected chi connectivity index (χ3v) is 7.39. The number of halogens is 2. The van der Waals surface area contributed by atoms with Crippen molar-refractivity contribution in [1.82, 2.24) is 25.9 Å². The van der Waals surface area contributed by atoms with Gasteiger partial charge in [0.25, 0.3) is 0 Å². The van der Waals surface area contributed by atoms with Crippen molar-refractivity contribution in [2.45, 2.75) is 45.4 Å². The first-order valence-electron chi connectivity index (χ1n) is 13.2. The number of hydrogen-bond acceptors (Lipinski definition) is 8. The van der Waals surface area contributed by atoms with Crippen LogP contribution in [0.5, 0.6) is 0 Å². The largest absolute Gasteiger partial charge is 0.383 e. The molecule has 4 N–H and O–H groups in total. The molecule has 3 heterocycles. The van der Waals surface area contributed by atoms with Crippen molar-refractivity contribution >= 4 is 44.8 Å². The van der Waals surface area contributed by atoms with E-state index in [0.717, 1.165) is 33.2 Å². The van der Waals surface area contributed by atoms with E-state index in [1.165, 1.54) is 0 Å². The van der Waals surface area contributed by atoms with Crippen molar-refractivity contribution in [3.05, 3.63) is 82.9 Å². The quantitative estimate of drug-likeness (QED) is 0.214. The summed E-state index contributed by atoms with van der Waals surface area (Å²) in [6.45, 7) is 7.05. The van der Waals surface area contributed by atoms with Crippen molar-refractivity contribution in [2.75, 3.05) is 17.2 Å². The third-order valence-electron chi connectivity index (χ3n) is 7.10. The minimum Gasteiger partial charge on any atom is -0.383 e. The summed E-state index contributed by atoms with van der Waals surface area (Å²) in [7, 11) is 0. The third kappa shape index (κ3) is 5.08. The van der Waals surface area contributed by atoms with Crippen LogP contribution >= 0.6 is 11.6 Å². The zero-order chi connectivity index (χ0) is 28.0. The van der Waals surface area contributed by atoms with Crippen LogP contribution in [0.1, 0.15) is 44.4 Å². The maximum absolute atomic E-state index is 13.9. The highest BCUT2D eigenvalue weighted by Gasteiger charge is 2.43. The fourth-order valence-corrected chi connectivity index (χ4v) is 5.22. The van der Waals surface area contributed by atoms with Crippen molar-refractivity contribution in [3.8, 4) is 6.07 Å². The van der Waals surface area contributed by atoms with Gasteiger partial charge in [0, 0.05) is 48.0 Å². The van der Waals surface area contributed by atoms with Gasteiger partial charge in [-0.15, -0.1) is 5.53 Å². The molecule has 0 bridgehead atoms. The normalized spacial score (nSPS) is 19.2. The van der Waals surface area contributed by atoms with Gasteiger partial charge < -0.3 is 16.1 Å². The van der Waals surface area contributed by atoms with E-state index in [4.69, 9.17) is 11.6 Å². The lowest BCUT2D eigenvalue weighted by Crippen LogP contribution is -2.39. The van der Waals surface area contributed by atoms with Gasteiger partial charge in [0.05, 0.1) is 45.1 Å². The molecule has 1 aliphatic heterocycles. The molecule has 1 saturated carbocycles. The van der Waals surface area contributed by atoms with Crippen LogP contribution < -0.4 is 21.6 Å². The summed E-state index contributed by atoms with van der Waals surface area (Å²) in [5.74, 6) is 0. The minimum atomic E-state index is -0.849.